The third-order valence-electron chi connectivity index (χ3n) is 12.6. The van der Waals surface area contributed by atoms with Gasteiger partial charge in [0.05, 0.1) is 6.42 Å². The third-order valence-corrected chi connectivity index (χ3v) is 12.6. The van der Waals surface area contributed by atoms with E-state index in [-0.39, 0.29) is 25.8 Å². The molecule has 3 aliphatic heterocycles. The highest BCUT2D eigenvalue weighted by atomic mass is 16.7. The predicted molar refractivity (Wildman–Crippen MR) is 234 cm³/mol. The number of carbonyl (C=O) groups excluding carboxylic acids is 3. The van der Waals surface area contributed by atoms with Crippen LogP contribution < -0.4 is 17.0 Å². The molecule has 380 valence electrons. The average Bonchev–Trinajstić information content (AvgIpc) is 3.66. The number of likely N-dealkylation sites (N-methyl/N-ethyl adjacent to an activating group) is 2. The van der Waals surface area contributed by atoms with Crippen LogP contribution in [0.2, 0.25) is 0 Å². The van der Waals surface area contributed by atoms with Gasteiger partial charge in [-0.15, -0.1) is 0 Å². The van der Waals surface area contributed by atoms with Crippen molar-refractivity contribution in [2.45, 2.75) is 190 Å². The highest BCUT2D eigenvalue weighted by Gasteiger charge is 2.57. The van der Waals surface area contributed by atoms with Gasteiger partial charge in [-0.25, -0.2) is 9.59 Å². The van der Waals surface area contributed by atoms with Gasteiger partial charge in [0.25, 0.3) is 5.56 Å². The Kier molecular flexibility index (Phi) is 21.8. The van der Waals surface area contributed by atoms with Gasteiger partial charge in [0.1, 0.15) is 61.0 Å². The van der Waals surface area contributed by atoms with Crippen molar-refractivity contribution in [3.05, 3.63) is 33.1 Å². The number of nitrogens with two attached hydrogens (primary N) is 1. The van der Waals surface area contributed by atoms with Crippen molar-refractivity contribution in [3.63, 3.8) is 0 Å². The van der Waals surface area contributed by atoms with E-state index in [1.165, 1.54) is 44.1 Å². The molecule has 0 spiro atoms. The quantitative estimate of drug-likeness (QED) is 0.0410. The number of amides is 1. The number of carbonyl (C=O) groups is 5. The van der Waals surface area contributed by atoms with E-state index in [2.05, 4.69) is 6.92 Å². The number of nitrogens with one attached hydrogen (secondary N) is 1. The molecule has 3 aliphatic rings. The molecule has 1 amide bonds. The summed E-state index contributed by atoms with van der Waals surface area (Å²) in [5.74, 6) is -5.90. The zero-order valence-electron chi connectivity index (χ0n) is 38.8. The fourth-order valence-electron chi connectivity index (χ4n) is 8.95. The van der Waals surface area contributed by atoms with E-state index in [9.17, 15) is 64.2 Å². The Labute approximate surface area is 388 Å². The van der Waals surface area contributed by atoms with Crippen LogP contribution in [-0.2, 0) is 47.7 Å². The van der Waals surface area contributed by atoms with E-state index in [4.69, 9.17) is 29.4 Å². The standard InChI is InChI=1S/C44H71N5O18/c1-5-6-7-8-9-10-11-12-13-14-15-16-25(63-30(53)20-24(2)19-29(51)52)21-31(54)64-27-23-47(3)33(40(59)48(4)32(27)42(60)61)38(67-43-37(58)34(55)26(22-45)65-43)39-35(56)36(57)41(66-39)49-18-17-28(50)46-44(49)62/h17-18,24-27,32-39,41,43,55-58H,5-16,19-23,45H2,1-4H3,(H,51,52)(H,60,61)(H,46,50,62)/t24?,25?,26-,27?,32?,33?,34+,35+,36-,37+,38?,39+,41-,43+/m1/s1. The molecule has 1 aromatic heterocycles. The number of aliphatic hydroxyl groups is 4. The summed E-state index contributed by atoms with van der Waals surface area (Å²) in [6, 6.07) is -2.56. The summed E-state index contributed by atoms with van der Waals surface area (Å²) in [5.41, 5.74) is 3.92. The smallest absolute Gasteiger partial charge is 0.330 e. The van der Waals surface area contributed by atoms with E-state index < -0.39 is 139 Å². The lowest BCUT2D eigenvalue weighted by atomic mass is 9.97. The number of carboxylic acid groups (broad SMARTS) is 2. The van der Waals surface area contributed by atoms with Crippen LogP contribution in [0.15, 0.2) is 21.9 Å². The number of ether oxygens (including phenoxy) is 5. The largest absolute Gasteiger partial charge is 0.481 e. The van der Waals surface area contributed by atoms with Crippen LogP contribution in [0.4, 0.5) is 0 Å². The molecule has 4 heterocycles. The third kappa shape index (κ3) is 15.3. The number of nitrogens with zero attached hydrogens (tertiary/aromatic N) is 3. The van der Waals surface area contributed by atoms with Crippen LogP contribution in [0.1, 0.15) is 116 Å². The fraction of sp³-hybridized carbons (Fsp3) is 0.795. The summed E-state index contributed by atoms with van der Waals surface area (Å²) in [7, 11) is 2.47. The molecule has 4 rings (SSSR count). The molecule has 14 atom stereocenters. The molecular formula is C44H71N5O18. The molecule has 9 N–H and O–H groups in total. The highest BCUT2D eigenvalue weighted by Crippen LogP contribution is 2.36. The Balaban J connectivity index is 1.56. The first-order chi connectivity index (χ1) is 31.8. The van der Waals surface area contributed by atoms with Crippen LogP contribution >= 0.6 is 0 Å². The second-order valence-electron chi connectivity index (χ2n) is 18.0. The molecule has 67 heavy (non-hydrogen) atoms. The first-order valence-electron chi connectivity index (χ1n) is 23.3. The van der Waals surface area contributed by atoms with E-state index in [0.717, 1.165) is 60.9 Å². The molecule has 6 unspecified atom stereocenters. The van der Waals surface area contributed by atoms with Crippen molar-refractivity contribution in [1.82, 2.24) is 19.4 Å². The summed E-state index contributed by atoms with van der Waals surface area (Å²) in [6.45, 7) is 2.99. The first-order valence-corrected chi connectivity index (χ1v) is 23.3. The highest BCUT2D eigenvalue weighted by molar-refractivity contribution is 5.88. The minimum absolute atomic E-state index is 0.226. The van der Waals surface area contributed by atoms with Crippen molar-refractivity contribution in [3.8, 4) is 0 Å². The van der Waals surface area contributed by atoms with E-state index in [0.29, 0.717) is 6.42 Å². The summed E-state index contributed by atoms with van der Waals surface area (Å²) in [5, 5.41) is 63.8. The summed E-state index contributed by atoms with van der Waals surface area (Å²) in [4.78, 5) is 94.1. The molecule has 0 saturated carbocycles. The number of rotatable bonds is 27. The Morgan fingerprint density at radius 2 is 1.46 bits per heavy atom. The molecule has 1 aromatic rings. The topological polar surface area (TPSA) is 340 Å². The number of aromatic amines is 1. The lowest BCUT2D eigenvalue weighted by molar-refractivity contribution is -0.233. The number of unbranched alkanes of at least 4 members (excludes halogenated alkanes) is 10. The van der Waals surface area contributed by atoms with Gasteiger partial charge >= 0.3 is 29.6 Å². The zero-order chi connectivity index (χ0) is 49.5. The lowest BCUT2D eigenvalue weighted by Crippen LogP contribution is -2.59. The van der Waals surface area contributed by atoms with Crippen molar-refractivity contribution in [2.75, 3.05) is 27.2 Å². The summed E-state index contributed by atoms with van der Waals surface area (Å²) in [6.07, 6.45) is -6.06. The van der Waals surface area contributed by atoms with Crippen LogP contribution in [-0.4, -0.2) is 180 Å². The van der Waals surface area contributed by atoms with E-state index in [1.54, 1.807) is 6.92 Å². The maximum absolute atomic E-state index is 14.5. The number of H-pyrrole nitrogens is 1. The van der Waals surface area contributed by atoms with Crippen LogP contribution in [0, 0.1) is 5.92 Å². The van der Waals surface area contributed by atoms with Gasteiger partial charge in [-0.2, -0.15) is 0 Å². The number of hydrogen-bond acceptors (Lipinski definition) is 18. The molecule has 23 heteroatoms. The fourth-order valence-corrected chi connectivity index (χ4v) is 8.95. The molecule has 0 aromatic carbocycles. The van der Waals surface area contributed by atoms with Gasteiger partial charge < -0.3 is 65.0 Å². The number of aliphatic carboxylic acids is 2. The second kappa shape index (κ2) is 26.4. The summed E-state index contributed by atoms with van der Waals surface area (Å²) >= 11 is 0. The Morgan fingerprint density at radius 1 is 0.836 bits per heavy atom. The SMILES string of the molecule is CCCCCCCCCCCCCC(CC(=O)OC1CN(C)C(C(O[C@@H]2O[C@H](CN)[C@H](O)[C@@H]2O)[C@H]2O[C@@H](n3ccc(=O)[nH]c3=O)[C@H](O)[C@@H]2O)C(=O)N(C)C1C(=O)O)OC(=O)CC(C)CC(=O)O. The van der Waals surface area contributed by atoms with Gasteiger partial charge in [-0.05, 0) is 25.8 Å². The Morgan fingerprint density at radius 3 is 2.03 bits per heavy atom. The van der Waals surface area contributed by atoms with Crippen LogP contribution in [0.5, 0.6) is 0 Å². The van der Waals surface area contributed by atoms with E-state index in [1.807, 2.05) is 4.98 Å². The minimum atomic E-state index is -1.95. The molecule has 23 nitrogen and oxygen atoms in total. The molecule has 0 aliphatic carbocycles. The Hall–Kier alpha value is -4.33. The molecule has 3 fully saturated rings. The molecular weight excluding hydrogens is 887 g/mol. The maximum Gasteiger partial charge on any atom is 0.330 e. The second-order valence-corrected chi connectivity index (χ2v) is 18.0. The molecule has 0 bridgehead atoms. The van der Waals surface area contributed by atoms with Crippen molar-refractivity contribution in [2.24, 2.45) is 11.7 Å². The van der Waals surface area contributed by atoms with Crippen LogP contribution in [0.3, 0.4) is 0 Å². The van der Waals surface area contributed by atoms with E-state index >= 15 is 0 Å². The normalized spacial score (nSPS) is 29.3. The minimum Gasteiger partial charge on any atom is -0.481 e. The van der Waals surface area contributed by atoms with Crippen molar-refractivity contribution < 1.29 is 78.3 Å². The van der Waals surface area contributed by atoms with Crippen LogP contribution in [0.25, 0.3) is 0 Å². The van der Waals surface area contributed by atoms with Gasteiger partial charge in [-0.1, -0.05) is 78.1 Å². The number of carboxylic acids is 2. The maximum atomic E-state index is 14.5. The van der Waals surface area contributed by atoms with Gasteiger partial charge in [0.2, 0.25) is 5.91 Å². The van der Waals surface area contributed by atoms with Gasteiger partial charge in [0, 0.05) is 45.2 Å². The number of hydrogen-bond donors (Lipinski definition) is 8. The number of aromatic nitrogens is 2. The predicted octanol–water partition coefficient (Wildman–Crippen LogP) is -0.412. The summed E-state index contributed by atoms with van der Waals surface area (Å²) < 4.78 is 30.0. The number of esters is 2. The Bertz CT molecular complexity index is 1900. The van der Waals surface area contributed by atoms with Crippen molar-refractivity contribution >= 4 is 29.8 Å². The first kappa shape index (κ1) is 55.3. The number of aliphatic hydroxyl groups excluding tert-OH is 4. The van der Waals surface area contributed by atoms with Crippen molar-refractivity contribution in [1.29, 1.82) is 0 Å². The molecule has 3 saturated heterocycles. The molecule has 0 radical (unpaired) electrons. The monoisotopic (exact) mass is 957 g/mol. The lowest BCUT2D eigenvalue weighted by Gasteiger charge is -2.38. The van der Waals surface area contributed by atoms with Gasteiger partial charge in [-0.3, -0.25) is 38.4 Å². The zero-order valence-corrected chi connectivity index (χ0v) is 38.8. The van der Waals surface area contributed by atoms with Gasteiger partial charge in [0.15, 0.2) is 18.6 Å². The average molecular weight is 958 g/mol.